The van der Waals surface area contributed by atoms with Crippen LogP contribution < -0.4 is 14.3 Å². The normalized spacial score (nSPS) is 12.1. The van der Waals surface area contributed by atoms with Crippen LogP contribution in [0, 0.1) is 0 Å². The third-order valence-electron chi connectivity index (χ3n) is 4.18. The molecule has 0 bridgehead atoms. The van der Waals surface area contributed by atoms with Crippen molar-refractivity contribution in [2.45, 2.75) is 24.8 Å². The van der Waals surface area contributed by atoms with Crippen LogP contribution in [0.1, 0.15) is 19.4 Å². The Morgan fingerprint density at radius 2 is 1.83 bits per heavy atom. The van der Waals surface area contributed by atoms with Crippen LogP contribution in [0.5, 0.6) is 11.5 Å². The van der Waals surface area contributed by atoms with Gasteiger partial charge in [0.2, 0.25) is 4.80 Å². The second kappa shape index (κ2) is 9.80. The van der Waals surface area contributed by atoms with E-state index in [0.717, 1.165) is 33.1 Å². The Balaban J connectivity index is 2.10. The lowest BCUT2D eigenvalue weighted by atomic mass is 10.1. The first-order valence-corrected chi connectivity index (χ1v) is 11.3. The van der Waals surface area contributed by atoms with Crippen LogP contribution in [0.25, 0.3) is 11.3 Å². The summed E-state index contributed by atoms with van der Waals surface area (Å²) < 4.78 is 12.8. The van der Waals surface area contributed by atoms with Crippen molar-refractivity contribution in [1.82, 2.24) is 4.68 Å². The minimum absolute atomic E-state index is 0.168. The number of aromatic nitrogens is 1. The summed E-state index contributed by atoms with van der Waals surface area (Å²) in [6.45, 7) is 4.12. The topological polar surface area (TPSA) is 48.1 Å². The van der Waals surface area contributed by atoms with Gasteiger partial charge in [-0.1, -0.05) is 12.1 Å². The van der Waals surface area contributed by atoms with Crippen molar-refractivity contribution >= 4 is 29.3 Å². The van der Waals surface area contributed by atoms with Gasteiger partial charge in [0, 0.05) is 27.9 Å². The summed E-state index contributed by atoms with van der Waals surface area (Å²) in [7, 11) is 3.30. The van der Waals surface area contributed by atoms with Gasteiger partial charge in [-0.3, -0.25) is 4.99 Å². The zero-order chi connectivity index (χ0) is 20.8. The van der Waals surface area contributed by atoms with E-state index in [0.29, 0.717) is 0 Å². The first-order valence-electron chi connectivity index (χ1n) is 9.21. The van der Waals surface area contributed by atoms with Crippen LogP contribution in [0.3, 0.4) is 0 Å². The van der Waals surface area contributed by atoms with E-state index < -0.39 is 0 Å². The highest BCUT2D eigenvalue weighted by Gasteiger charge is 2.14. The fraction of sp³-hybridized carbons (Fsp3) is 0.273. The van der Waals surface area contributed by atoms with Crippen molar-refractivity contribution in [2.24, 2.45) is 10.1 Å². The van der Waals surface area contributed by atoms with Gasteiger partial charge in [0.1, 0.15) is 11.5 Å². The molecule has 0 saturated heterocycles. The second-order valence-electron chi connectivity index (χ2n) is 6.52. The van der Waals surface area contributed by atoms with Gasteiger partial charge in [-0.2, -0.15) is 5.10 Å². The van der Waals surface area contributed by atoms with Crippen LogP contribution in [-0.2, 0) is 0 Å². The Morgan fingerprint density at radius 3 is 2.45 bits per heavy atom. The van der Waals surface area contributed by atoms with E-state index in [9.17, 15) is 0 Å². The number of hydrogen-bond donors (Lipinski definition) is 0. The molecule has 2 aromatic carbocycles. The van der Waals surface area contributed by atoms with Crippen molar-refractivity contribution in [3.63, 3.8) is 0 Å². The summed E-state index contributed by atoms with van der Waals surface area (Å²) in [6.07, 6.45) is 3.92. The second-order valence-corrected chi connectivity index (χ2v) is 8.24. The largest absolute Gasteiger partial charge is 0.497 e. The molecule has 0 amide bonds. The fourth-order valence-electron chi connectivity index (χ4n) is 2.73. The first kappa shape index (κ1) is 21.2. The summed E-state index contributed by atoms with van der Waals surface area (Å²) in [5, 5.41) is 6.81. The number of rotatable bonds is 7. The minimum Gasteiger partial charge on any atom is -0.497 e. The molecular formula is C22H25N3O2S2. The molecule has 0 aliphatic heterocycles. The fourth-order valence-corrected chi connectivity index (χ4v) is 4.10. The van der Waals surface area contributed by atoms with Crippen LogP contribution >= 0.6 is 23.1 Å². The van der Waals surface area contributed by atoms with Crippen molar-refractivity contribution in [3.8, 4) is 22.8 Å². The Hall–Kier alpha value is -2.51. The van der Waals surface area contributed by atoms with E-state index in [-0.39, 0.29) is 6.04 Å². The number of thiazole rings is 1. The molecule has 0 spiro atoms. The highest BCUT2D eigenvalue weighted by atomic mass is 32.2. The summed E-state index contributed by atoms with van der Waals surface area (Å²) in [5.41, 5.74) is 2.89. The molecule has 3 rings (SSSR count). The number of nitrogens with zero attached hydrogens (tertiary/aromatic N) is 3. The molecule has 1 aromatic heterocycles. The summed E-state index contributed by atoms with van der Waals surface area (Å²) in [4.78, 5) is 6.80. The molecule has 1 heterocycles. The van der Waals surface area contributed by atoms with Gasteiger partial charge in [-0.15, -0.1) is 23.1 Å². The van der Waals surface area contributed by atoms with Gasteiger partial charge >= 0.3 is 0 Å². The van der Waals surface area contributed by atoms with Gasteiger partial charge in [-0.05, 0) is 49.9 Å². The number of thioether (sulfide) groups is 1. The van der Waals surface area contributed by atoms with Crippen LogP contribution in [0.15, 0.2) is 62.8 Å². The van der Waals surface area contributed by atoms with E-state index in [1.54, 1.807) is 37.3 Å². The standard InChI is InChI=1S/C22H25N3O2S2/c1-15(2)24-22-25(23-13-16-6-9-18(28-5)10-7-16)20(14-29-22)19-11-8-17(26-3)12-21(19)27-4/h6-15H,1-5H3. The van der Waals surface area contributed by atoms with Gasteiger partial charge < -0.3 is 9.47 Å². The van der Waals surface area contributed by atoms with E-state index in [2.05, 4.69) is 49.7 Å². The lowest BCUT2D eigenvalue weighted by Gasteiger charge is -2.11. The van der Waals surface area contributed by atoms with Gasteiger partial charge in [0.05, 0.1) is 26.1 Å². The smallest absolute Gasteiger partial charge is 0.206 e. The van der Waals surface area contributed by atoms with Crippen LogP contribution in [0.2, 0.25) is 0 Å². The third-order valence-corrected chi connectivity index (χ3v) is 5.75. The molecule has 5 nitrogen and oxygen atoms in total. The minimum atomic E-state index is 0.168. The predicted molar refractivity (Wildman–Crippen MR) is 123 cm³/mol. The molecule has 0 fully saturated rings. The Bertz CT molecular complexity index is 1050. The molecule has 0 radical (unpaired) electrons. The molecule has 29 heavy (non-hydrogen) atoms. The average molecular weight is 428 g/mol. The zero-order valence-electron chi connectivity index (χ0n) is 17.2. The van der Waals surface area contributed by atoms with Crippen molar-refractivity contribution in [2.75, 3.05) is 20.5 Å². The molecule has 0 aliphatic carbocycles. The number of benzene rings is 2. The molecule has 0 atom stereocenters. The van der Waals surface area contributed by atoms with E-state index in [1.165, 1.54) is 4.90 Å². The Labute approximate surface area is 179 Å². The van der Waals surface area contributed by atoms with E-state index in [1.807, 2.05) is 29.1 Å². The maximum absolute atomic E-state index is 5.60. The van der Waals surface area contributed by atoms with Crippen molar-refractivity contribution < 1.29 is 9.47 Å². The maximum Gasteiger partial charge on any atom is 0.206 e. The van der Waals surface area contributed by atoms with Crippen molar-refractivity contribution in [1.29, 1.82) is 0 Å². The number of methoxy groups -OCH3 is 2. The maximum atomic E-state index is 5.60. The Morgan fingerprint density at radius 1 is 1.07 bits per heavy atom. The summed E-state index contributed by atoms with van der Waals surface area (Å²) >= 11 is 3.28. The van der Waals surface area contributed by atoms with Crippen LogP contribution in [0.4, 0.5) is 0 Å². The highest BCUT2D eigenvalue weighted by molar-refractivity contribution is 7.98. The SMILES string of the molecule is COc1ccc(-c2csc(=NC(C)C)n2N=Cc2ccc(SC)cc2)c(OC)c1. The lowest BCUT2D eigenvalue weighted by molar-refractivity contribution is 0.395. The molecule has 0 aliphatic rings. The van der Waals surface area contributed by atoms with Gasteiger partial charge in [0.15, 0.2) is 0 Å². The number of hydrogen-bond acceptors (Lipinski definition) is 6. The molecule has 0 N–H and O–H groups in total. The van der Waals surface area contributed by atoms with Crippen LogP contribution in [-0.4, -0.2) is 37.4 Å². The molecule has 0 unspecified atom stereocenters. The van der Waals surface area contributed by atoms with Gasteiger partial charge in [-0.25, -0.2) is 4.68 Å². The van der Waals surface area contributed by atoms with Gasteiger partial charge in [0.25, 0.3) is 0 Å². The third kappa shape index (κ3) is 5.10. The molecule has 7 heteroatoms. The summed E-state index contributed by atoms with van der Waals surface area (Å²) in [6, 6.07) is 14.3. The van der Waals surface area contributed by atoms with E-state index in [4.69, 9.17) is 19.6 Å². The quantitative estimate of drug-likeness (QED) is 0.387. The molecule has 0 saturated carbocycles. The highest BCUT2D eigenvalue weighted by Crippen LogP contribution is 2.33. The zero-order valence-corrected chi connectivity index (χ0v) is 18.9. The van der Waals surface area contributed by atoms with E-state index >= 15 is 0 Å². The summed E-state index contributed by atoms with van der Waals surface area (Å²) in [5.74, 6) is 1.48. The lowest BCUT2D eigenvalue weighted by Crippen LogP contribution is -2.14. The average Bonchev–Trinajstić information content (AvgIpc) is 3.13. The number of ether oxygens (including phenoxy) is 2. The Kier molecular flexibility index (Phi) is 7.17. The molecule has 152 valence electrons. The molecule has 3 aromatic rings. The monoisotopic (exact) mass is 427 g/mol. The van der Waals surface area contributed by atoms with Crippen molar-refractivity contribution in [3.05, 3.63) is 58.2 Å². The predicted octanol–water partition coefficient (Wildman–Crippen LogP) is 5.15. The first-order chi connectivity index (χ1) is 14.0. The molecular weight excluding hydrogens is 402 g/mol.